The molecule has 0 radical (unpaired) electrons. The largest absolute Gasteiger partial charge is 0.349 e. The summed E-state index contributed by atoms with van der Waals surface area (Å²) in [5.41, 5.74) is 1.03. The van der Waals surface area contributed by atoms with Gasteiger partial charge in [-0.25, -0.2) is 8.42 Å². The van der Waals surface area contributed by atoms with Crippen LogP contribution in [-0.4, -0.2) is 31.7 Å². The molecule has 1 aliphatic heterocycles. The average molecular weight is 530 g/mol. The normalized spacial score (nSPS) is 17.2. The van der Waals surface area contributed by atoms with Crippen molar-refractivity contribution in [2.75, 3.05) is 13.1 Å². The van der Waals surface area contributed by atoms with Crippen molar-refractivity contribution >= 4 is 47.8 Å². The van der Waals surface area contributed by atoms with Crippen LogP contribution in [0.15, 0.2) is 62.4 Å². The zero-order chi connectivity index (χ0) is 20.3. The van der Waals surface area contributed by atoms with Gasteiger partial charge in [-0.15, -0.1) is 0 Å². The van der Waals surface area contributed by atoms with Crippen LogP contribution in [0.25, 0.3) is 0 Å². The van der Waals surface area contributed by atoms with Crippen molar-refractivity contribution in [1.82, 2.24) is 9.62 Å². The summed E-state index contributed by atoms with van der Waals surface area (Å²) in [6.07, 6.45) is 1.04. The summed E-state index contributed by atoms with van der Waals surface area (Å²) in [7, 11) is -3.52. The van der Waals surface area contributed by atoms with Gasteiger partial charge in [0.15, 0.2) is 0 Å². The van der Waals surface area contributed by atoms with E-state index in [-0.39, 0.29) is 22.8 Å². The maximum absolute atomic E-state index is 12.8. The second kappa shape index (κ2) is 9.07. The Morgan fingerprint density at radius 1 is 1.07 bits per heavy atom. The molecule has 0 aliphatic carbocycles. The number of benzene rings is 2. The predicted molar refractivity (Wildman–Crippen MR) is 116 cm³/mol. The van der Waals surface area contributed by atoms with Crippen LogP contribution in [0.4, 0.5) is 0 Å². The number of piperidine rings is 1. The van der Waals surface area contributed by atoms with E-state index in [0.29, 0.717) is 25.9 Å². The van der Waals surface area contributed by atoms with Gasteiger partial charge in [-0.05, 0) is 61.7 Å². The average Bonchev–Trinajstić information content (AvgIpc) is 2.68. The molecule has 0 saturated carbocycles. The maximum atomic E-state index is 12.8. The van der Waals surface area contributed by atoms with Crippen LogP contribution in [0.2, 0.25) is 0 Å². The third kappa shape index (κ3) is 5.03. The minimum Gasteiger partial charge on any atom is -0.349 e. The molecule has 2 aromatic carbocycles. The number of halogens is 2. The molecule has 1 N–H and O–H groups in total. The van der Waals surface area contributed by atoms with Crippen molar-refractivity contribution in [3.8, 4) is 0 Å². The predicted octanol–water partition coefficient (Wildman–Crippen LogP) is 4.49. The molecule has 0 spiro atoms. The van der Waals surface area contributed by atoms with Crippen molar-refractivity contribution < 1.29 is 13.2 Å². The van der Waals surface area contributed by atoms with E-state index in [0.717, 1.165) is 14.5 Å². The Hall–Kier alpha value is -1.22. The second-order valence-electron chi connectivity index (χ2n) is 6.92. The van der Waals surface area contributed by atoms with Gasteiger partial charge in [0.25, 0.3) is 0 Å². The first-order chi connectivity index (χ1) is 13.3. The van der Waals surface area contributed by atoms with Gasteiger partial charge in [0.05, 0.1) is 10.9 Å². The lowest BCUT2D eigenvalue weighted by Gasteiger charge is -2.31. The van der Waals surface area contributed by atoms with Crippen molar-refractivity contribution in [2.45, 2.75) is 30.7 Å². The van der Waals surface area contributed by atoms with Crippen molar-refractivity contribution in [2.24, 2.45) is 5.92 Å². The van der Waals surface area contributed by atoms with Crippen LogP contribution >= 0.6 is 31.9 Å². The highest BCUT2D eigenvalue weighted by Crippen LogP contribution is 2.26. The van der Waals surface area contributed by atoms with Gasteiger partial charge in [-0.2, -0.15) is 4.31 Å². The Bertz CT molecular complexity index is 940. The summed E-state index contributed by atoms with van der Waals surface area (Å²) in [4.78, 5) is 12.9. The highest BCUT2D eigenvalue weighted by Gasteiger charge is 2.32. The molecule has 1 aliphatic rings. The molecular formula is C20H22Br2N2O3S. The summed E-state index contributed by atoms with van der Waals surface area (Å²) < 4.78 is 28.8. The first kappa shape index (κ1) is 21.5. The SMILES string of the molecule is C[C@@H](NC(=O)C1CCN(S(=O)(=O)c2ccc(Br)cc2)CC1)c1cccc(Br)c1. The third-order valence-electron chi connectivity index (χ3n) is 4.98. The number of carbonyl (C=O) groups excluding carboxylic acids is 1. The Kier molecular flexibility index (Phi) is 6.96. The van der Waals surface area contributed by atoms with Crippen LogP contribution in [0.5, 0.6) is 0 Å². The van der Waals surface area contributed by atoms with E-state index in [9.17, 15) is 13.2 Å². The van der Waals surface area contributed by atoms with Gasteiger partial charge in [0, 0.05) is 28.0 Å². The first-order valence-electron chi connectivity index (χ1n) is 9.09. The molecule has 2 aromatic rings. The monoisotopic (exact) mass is 528 g/mol. The second-order valence-corrected chi connectivity index (χ2v) is 10.7. The highest BCUT2D eigenvalue weighted by atomic mass is 79.9. The van der Waals surface area contributed by atoms with Gasteiger partial charge in [-0.1, -0.05) is 44.0 Å². The van der Waals surface area contributed by atoms with E-state index >= 15 is 0 Å². The van der Waals surface area contributed by atoms with Crippen molar-refractivity contribution in [3.63, 3.8) is 0 Å². The zero-order valence-electron chi connectivity index (χ0n) is 15.4. The number of rotatable bonds is 5. The van der Waals surface area contributed by atoms with Gasteiger partial charge >= 0.3 is 0 Å². The molecule has 0 aromatic heterocycles. The number of sulfonamides is 1. The summed E-state index contributed by atoms with van der Waals surface area (Å²) in [5, 5.41) is 3.05. The molecule has 0 bridgehead atoms. The molecule has 1 saturated heterocycles. The quantitative estimate of drug-likeness (QED) is 0.620. The van der Waals surface area contributed by atoms with Crippen LogP contribution in [0.1, 0.15) is 31.4 Å². The fraction of sp³-hybridized carbons (Fsp3) is 0.350. The van der Waals surface area contributed by atoms with Crippen molar-refractivity contribution in [3.05, 3.63) is 63.0 Å². The summed E-state index contributed by atoms with van der Waals surface area (Å²) in [5.74, 6) is -0.195. The lowest BCUT2D eigenvalue weighted by atomic mass is 9.96. The zero-order valence-corrected chi connectivity index (χ0v) is 19.4. The lowest BCUT2D eigenvalue weighted by Crippen LogP contribution is -2.43. The Morgan fingerprint density at radius 2 is 1.71 bits per heavy atom. The Labute approximate surface area is 182 Å². The maximum Gasteiger partial charge on any atom is 0.243 e. The minimum atomic E-state index is -3.52. The lowest BCUT2D eigenvalue weighted by molar-refractivity contribution is -0.126. The molecule has 8 heteroatoms. The number of amides is 1. The number of nitrogens with one attached hydrogen (secondary N) is 1. The Balaban J connectivity index is 1.58. The minimum absolute atomic E-state index is 0.0202. The number of carbonyl (C=O) groups is 1. The van der Waals surface area contributed by atoms with E-state index in [4.69, 9.17) is 0 Å². The van der Waals surface area contributed by atoms with E-state index in [1.807, 2.05) is 31.2 Å². The number of hydrogen-bond donors (Lipinski definition) is 1. The molecule has 5 nitrogen and oxygen atoms in total. The van der Waals surface area contributed by atoms with Crippen LogP contribution < -0.4 is 5.32 Å². The summed E-state index contributed by atoms with van der Waals surface area (Å²) >= 11 is 6.76. The molecule has 1 heterocycles. The van der Waals surface area contributed by atoms with E-state index in [1.165, 1.54) is 4.31 Å². The molecule has 1 fully saturated rings. The number of hydrogen-bond acceptors (Lipinski definition) is 3. The molecule has 28 heavy (non-hydrogen) atoms. The molecule has 1 amide bonds. The molecule has 3 rings (SSSR count). The molecule has 0 unspecified atom stereocenters. The van der Waals surface area contributed by atoms with Gasteiger partial charge in [0.1, 0.15) is 0 Å². The highest BCUT2D eigenvalue weighted by molar-refractivity contribution is 9.10. The topological polar surface area (TPSA) is 66.5 Å². The van der Waals surface area contributed by atoms with E-state index < -0.39 is 10.0 Å². The smallest absolute Gasteiger partial charge is 0.243 e. The fourth-order valence-electron chi connectivity index (χ4n) is 3.30. The van der Waals surface area contributed by atoms with Gasteiger partial charge in [0.2, 0.25) is 15.9 Å². The van der Waals surface area contributed by atoms with Crippen molar-refractivity contribution in [1.29, 1.82) is 0 Å². The van der Waals surface area contributed by atoms with Crippen LogP contribution in [0, 0.1) is 5.92 Å². The standard InChI is InChI=1S/C20H22Br2N2O3S/c1-14(16-3-2-4-18(22)13-16)23-20(25)15-9-11-24(12-10-15)28(26,27)19-7-5-17(21)6-8-19/h2-8,13-15H,9-12H2,1H3,(H,23,25)/t14-/m1/s1. The molecule has 1 atom stereocenters. The first-order valence-corrected chi connectivity index (χ1v) is 12.1. The number of nitrogens with zero attached hydrogens (tertiary/aromatic N) is 1. The summed E-state index contributed by atoms with van der Waals surface area (Å²) in [6.45, 7) is 2.65. The van der Waals surface area contributed by atoms with E-state index in [2.05, 4.69) is 37.2 Å². The van der Waals surface area contributed by atoms with Crippen LogP contribution in [-0.2, 0) is 14.8 Å². The molecule has 150 valence electrons. The molecular weight excluding hydrogens is 508 g/mol. The summed E-state index contributed by atoms with van der Waals surface area (Å²) in [6, 6.07) is 14.4. The fourth-order valence-corrected chi connectivity index (χ4v) is 5.46. The van der Waals surface area contributed by atoms with Gasteiger partial charge < -0.3 is 5.32 Å². The van der Waals surface area contributed by atoms with Crippen LogP contribution in [0.3, 0.4) is 0 Å². The van der Waals surface area contributed by atoms with E-state index in [1.54, 1.807) is 24.3 Å². The van der Waals surface area contributed by atoms with Gasteiger partial charge in [-0.3, -0.25) is 4.79 Å². The third-order valence-corrected chi connectivity index (χ3v) is 7.92. The Morgan fingerprint density at radius 3 is 2.32 bits per heavy atom.